The standard InChI is InChI=1S/C27H33FN4O3S2/c1-3-21-14-25(37(33,34)31-26-29-10-12-36-26)23(28)15-24(21)30-18-27-9-4-11-32(27)17-20(16-27)13-19-5-7-22(35-2)8-6-19/h5-8,10,12,14-15,20,30H,3-4,9,11,13,16-18H2,1-2H3,(H,29,31)/t20-,27-/m1/s1. The van der Waals surface area contributed by atoms with Gasteiger partial charge in [0.05, 0.1) is 7.11 Å². The summed E-state index contributed by atoms with van der Waals surface area (Å²) in [6.07, 6.45) is 6.45. The van der Waals surface area contributed by atoms with Gasteiger partial charge in [-0.25, -0.2) is 17.8 Å². The molecule has 0 aliphatic carbocycles. The Labute approximate surface area is 222 Å². The molecule has 2 aliphatic rings. The number of benzene rings is 2. The molecule has 5 rings (SSSR count). The highest BCUT2D eigenvalue weighted by molar-refractivity contribution is 7.93. The van der Waals surface area contributed by atoms with Gasteiger partial charge in [0.2, 0.25) is 0 Å². The molecule has 2 atom stereocenters. The molecule has 2 aromatic carbocycles. The van der Waals surface area contributed by atoms with Crippen molar-refractivity contribution in [3.05, 3.63) is 64.9 Å². The summed E-state index contributed by atoms with van der Waals surface area (Å²) in [5, 5.41) is 5.38. The van der Waals surface area contributed by atoms with E-state index in [4.69, 9.17) is 4.74 Å². The van der Waals surface area contributed by atoms with Crippen LogP contribution in [-0.2, 0) is 22.9 Å². The first-order valence-electron chi connectivity index (χ1n) is 12.7. The monoisotopic (exact) mass is 544 g/mol. The fourth-order valence-electron chi connectivity index (χ4n) is 5.89. The predicted molar refractivity (Wildman–Crippen MR) is 146 cm³/mol. The molecule has 0 spiro atoms. The van der Waals surface area contributed by atoms with Crippen molar-refractivity contribution in [2.75, 3.05) is 36.8 Å². The molecule has 10 heteroatoms. The molecular weight excluding hydrogens is 511 g/mol. The Morgan fingerprint density at radius 2 is 2.08 bits per heavy atom. The number of methoxy groups -OCH3 is 1. The Morgan fingerprint density at radius 1 is 1.27 bits per heavy atom. The zero-order chi connectivity index (χ0) is 26.0. The minimum atomic E-state index is -4.07. The molecule has 1 aromatic heterocycles. The third kappa shape index (κ3) is 5.46. The summed E-state index contributed by atoms with van der Waals surface area (Å²) in [5.74, 6) is 0.656. The minimum absolute atomic E-state index is 0.0375. The second kappa shape index (κ2) is 10.6. The lowest BCUT2D eigenvalue weighted by Crippen LogP contribution is -2.44. The van der Waals surface area contributed by atoms with Gasteiger partial charge in [-0.1, -0.05) is 19.1 Å². The summed E-state index contributed by atoms with van der Waals surface area (Å²) in [4.78, 5) is 6.18. The lowest BCUT2D eigenvalue weighted by molar-refractivity contribution is 0.209. The van der Waals surface area contributed by atoms with E-state index in [1.807, 2.05) is 19.1 Å². The zero-order valence-corrected chi connectivity index (χ0v) is 22.8. The smallest absolute Gasteiger partial charge is 0.266 e. The maximum atomic E-state index is 15.1. The van der Waals surface area contributed by atoms with Crippen molar-refractivity contribution in [2.24, 2.45) is 5.92 Å². The van der Waals surface area contributed by atoms with Gasteiger partial charge in [0.1, 0.15) is 16.5 Å². The topological polar surface area (TPSA) is 83.6 Å². The molecule has 0 amide bonds. The normalized spacial score (nSPS) is 21.6. The van der Waals surface area contributed by atoms with Gasteiger partial charge in [-0.05, 0) is 80.0 Å². The van der Waals surface area contributed by atoms with Crippen molar-refractivity contribution in [1.82, 2.24) is 9.88 Å². The van der Waals surface area contributed by atoms with Crippen molar-refractivity contribution in [1.29, 1.82) is 0 Å². The van der Waals surface area contributed by atoms with Gasteiger partial charge < -0.3 is 10.1 Å². The van der Waals surface area contributed by atoms with Crippen LogP contribution in [0, 0.1) is 11.7 Å². The van der Waals surface area contributed by atoms with Crippen molar-refractivity contribution < 1.29 is 17.5 Å². The SMILES string of the molecule is CCc1cc(S(=O)(=O)Nc2nccs2)c(F)cc1NC[C@]12CCCN1C[C@H](Cc1ccc(OC)cc1)C2. The number of hydrogen-bond donors (Lipinski definition) is 2. The summed E-state index contributed by atoms with van der Waals surface area (Å²) >= 11 is 1.15. The lowest BCUT2D eigenvalue weighted by Gasteiger charge is -2.33. The Morgan fingerprint density at radius 3 is 2.78 bits per heavy atom. The molecule has 3 aromatic rings. The first-order valence-corrected chi connectivity index (χ1v) is 15.0. The third-order valence-corrected chi connectivity index (χ3v) is 9.83. The average Bonchev–Trinajstić information content (AvgIpc) is 3.59. The molecule has 2 saturated heterocycles. The Hall–Kier alpha value is -2.69. The van der Waals surface area contributed by atoms with Crippen LogP contribution in [0.1, 0.15) is 37.3 Å². The molecule has 2 N–H and O–H groups in total. The molecule has 7 nitrogen and oxygen atoms in total. The second-order valence-electron chi connectivity index (χ2n) is 9.99. The van der Waals surface area contributed by atoms with Crippen LogP contribution in [-0.4, -0.2) is 50.6 Å². The summed E-state index contributed by atoms with van der Waals surface area (Å²) in [7, 11) is -2.39. The molecule has 37 heavy (non-hydrogen) atoms. The Bertz CT molecular complexity index is 1330. The number of hydrogen-bond acceptors (Lipinski definition) is 7. The predicted octanol–water partition coefficient (Wildman–Crippen LogP) is 5.16. The number of halogens is 1. The van der Waals surface area contributed by atoms with E-state index in [9.17, 15) is 8.42 Å². The molecule has 198 valence electrons. The van der Waals surface area contributed by atoms with Gasteiger partial charge in [0.25, 0.3) is 10.0 Å². The fourth-order valence-corrected chi connectivity index (χ4v) is 7.79. The molecule has 0 saturated carbocycles. The van der Waals surface area contributed by atoms with E-state index in [2.05, 4.69) is 32.1 Å². The van der Waals surface area contributed by atoms with Crippen LogP contribution in [0.4, 0.5) is 15.2 Å². The molecule has 0 radical (unpaired) electrons. The number of fused-ring (bicyclic) bond motifs is 1. The number of sulfonamides is 1. The number of aryl methyl sites for hydroxylation is 1. The Kier molecular flexibility index (Phi) is 7.42. The van der Waals surface area contributed by atoms with Crippen LogP contribution in [0.5, 0.6) is 5.75 Å². The highest BCUT2D eigenvalue weighted by Gasteiger charge is 2.48. The van der Waals surface area contributed by atoms with Crippen LogP contribution >= 0.6 is 11.3 Å². The third-order valence-electron chi connectivity index (χ3n) is 7.66. The average molecular weight is 545 g/mol. The maximum absolute atomic E-state index is 15.1. The first-order chi connectivity index (χ1) is 17.8. The van der Waals surface area contributed by atoms with Crippen molar-refractivity contribution >= 4 is 32.2 Å². The largest absolute Gasteiger partial charge is 0.497 e. The van der Waals surface area contributed by atoms with E-state index in [-0.39, 0.29) is 15.6 Å². The van der Waals surface area contributed by atoms with E-state index in [1.54, 1.807) is 12.5 Å². The maximum Gasteiger partial charge on any atom is 0.266 e. The van der Waals surface area contributed by atoms with Crippen LogP contribution in [0.3, 0.4) is 0 Å². The van der Waals surface area contributed by atoms with Gasteiger partial charge in [-0.15, -0.1) is 11.3 Å². The van der Waals surface area contributed by atoms with E-state index < -0.39 is 15.8 Å². The summed E-state index contributed by atoms with van der Waals surface area (Å²) < 4.78 is 48.4. The first kappa shape index (κ1) is 25.9. The van der Waals surface area contributed by atoms with Crippen LogP contribution in [0.25, 0.3) is 0 Å². The van der Waals surface area contributed by atoms with Gasteiger partial charge in [0, 0.05) is 35.9 Å². The minimum Gasteiger partial charge on any atom is -0.497 e. The van der Waals surface area contributed by atoms with Crippen LogP contribution in [0.15, 0.2) is 52.9 Å². The van der Waals surface area contributed by atoms with Crippen LogP contribution < -0.4 is 14.8 Å². The number of thiazole rings is 1. The van der Waals surface area contributed by atoms with E-state index in [0.717, 1.165) is 61.4 Å². The molecule has 0 bridgehead atoms. The second-order valence-corrected chi connectivity index (χ2v) is 12.5. The van der Waals surface area contributed by atoms with Crippen molar-refractivity contribution in [2.45, 2.75) is 49.5 Å². The number of anilines is 2. The number of nitrogens with one attached hydrogen (secondary N) is 2. The van der Waals surface area contributed by atoms with E-state index in [1.165, 1.54) is 23.9 Å². The number of aromatic nitrogens is 1. The lowest BCUT2D eigenvalue weighted by atomic mass is 9.87. The highest BCUT2D eigenvalue weighted by atomic mass is 32.2. The molecular formula is C27H33FN4O3S2. The van der Waals surface area contributed by atoms with Gasteiger partial charge in [-0.3, -0.25) is 9.62 Å². The van der Waals surface area contributed by atoms with Crippen molar-refractivity contribution in [3.63, 3.8) is 0 Å². The fraction of sp³-hybridized carbons (Fsp3) is 0.444. The van der Waals surface area contributed by atoms with Gasteiger partial charge >= 0.3 is 0 Å². The molecule has 0 unspecified atom stereocenters. The number of ether oxygens (including phenoxy) is 1. The van der Waals surface area contributed by atoms with Gasteiger partial charge in [0.15, 0.2) is 5.13 Å². The molecule has 2 aliphatic heterocycles. The van der Waals surface area contributed by atoms with E-state index in [0.29, 0.717) is 24.6 Å². The quantitative estimate of drug-likeness (QED) is 0.367. The summed E-state index contributed by atoms with van der Waals surface area (Å²) in [6.45, 7) is 4.80. The summed E-state index contributed by atoms with van der Waals surface area (Å²) in [6, 6.07) is 11.1. The highest BCUT2D eigenvalue weighted by Crippen LogP contribution is 2.43. The summed E-state index contributed by atoms with van der Waals surface area (Å²) in [5.41, 5.74) is 2.78. The zero-order valence-electron chi connectivity index (χ0n) is 21.2. The number of nitrogens with zero attached hydrogens (tertiary/aromatic N) is 2. The van der Waals surface area contributed by atoms with E-state index >= 15 is 4.39 Å². The van der Waals surface area contributed by atoms with Crippen molar-refractivity contribution in [3.8, 4) is 5.75 Å². The van der Waals surface area contributed by atoms with Crippen LogP contribution in [0.2, 0.25) is 0 Å². The molecule has 2 fully saturated rings. The molecule has 3 heterocycles. The Balaban J connectivity index is 1.30. The van der Waals surface area contributed by atoms with Gasteiger partial charge in [-0.2, -0.15) is 0 Å². The number of rotatable bonds is 10.